The van der Waals surface area contributed by atoms with Gasteiger partial charge in [0.15, 0.2) is 0 Å². The summed E-state index contributed by atoms with van der Waals surface area (Å²) in [4.78, 5) is 0. The summed E-state index contributed by atoms with van der Waals surface area (Å²) in [5, 5.41) is 15.6. The molecule has 0 unspecified atom stereocenters. The molecule has 19 heavy (non-hydrogen) atoms. The van der Waals surface area contributed by atoms with Crippen LogP contribution >= 0.6 is 0 Å². The molecule has 0 saturated heterocycles. The minimum Gasteiger partial charge on any atom is -0.321 e. The third-order valence-corrected chi connectivity index (χ3v) is 3.15. The van der Waals surface area contributed by atoms with Gasteiger partial charge in [0, 0.05) is 38.3 Å². The SMILES string of the molecule is Cn1cnnc1CCNCc1cnn2ccccc12. The molecule has 0 spiro atoms. The highest BCUT2D eigenvalue weighted by molar-refractivity contribution is 5.53. The van der Waals surface area contributed by atoms with Gasteiger partial charge in [-0.1, -0.05) is 6.07 Å². The summed E-state index contributed by atoms with van der Waals surface area (Å²) in [6, 6.07) is 6.08. The molecule has 0 atom stereocenters. The second-order valence-electron chi connectivity index (χ2n) is 4.49. The van der Waals surface area contributed by atoms with Crippen LogP contribution in [0.3, 0.4) is 0 Å². The van der Waals surface area contributed by atoms with Crippen LogP contribution < -0.4 is 5.32 Å². The highest BCUT2D eigenvalue weighted by atomic mass is 15.2. The Bertz CT molecular complexity index is 668. The van der Waals surface area contributed by atoms with E-state index in [1.54, 1.807) is 6.33 Å². The number of rotatable bonds is 5. The van der Waals surface area contributed by atoms with Crippen molar-refractivity contribution in [3.8, 4) is 0 Å². The lowest BCUT2D eigenvalue weighted by atomic mass is 10.2. The van der Waals surface area contributed by atoms with Gasteiger partial charge in [0.25, 0.3) is 0 Å². The fraction of sp³-hybridized carbons (Fsp3) is 0.308. The van der Waals surface area contributed by atoms with Crippen molar-refractivity contribution in [1.82, 2.24) is 29.7 Å². The molecule has 0 bridgehead atoms. The molecule has 0 aromatic carbocycles. The Morgan fingerprint density at radius 1 is 1.32 bits per heavy atom. The van der Waals surface area contributed by atoms with Crippen molar-refractivity contribution in [3.63, 3.8) is 0 Å². The van der Waals surface area contributed by atoms with Gasteiger partial charge in [-0.2, -0.15) is 5.10 Å². The lowest BCUT2D eigenvalue weighted by Gasteiger charge is -2.03. The average molecular weight is 256 g/mol. The molecule has 0 fully saturated rings. The molecule has 6 nitrogen and oxygen atoms in total. The van der Waals surface area contributed by atoms with E-state index >= 15 is 0 Å². The van der Waals surface area contributed by atoms with Crippen LogP contribution in [0.25, 0.3) is 5.52 Å². The number of aryl methyl sites for hydroxylation is 1. The quantitative estimate of drug-likeness (QED) is 0.686. The molecular formula is C13H16N6. The summed E-state index contributed by atoms with van der Waals surface area (Å²) < 4.78 is 3.83. The molecule has 0 aliphatic rings. The van der Waals surface area contributed by atoms with Crippen molar-refractivity contribution in [2.24, 2.45) is 7.05 Å². The molecule has 0 amide bonds. The predicted molar refractivity (Wildman–Crippen MR) is 71.6 cm³/mol. The second kappa shape index (κ2) is 5.19. The standard InChI is InChI=1S/C13H16N6/c1-18-10-15-17-13(18)5-6-14-8-11-9-16-19-7-3-2-4-12(11)19/h2-4,7,9-10,14H,5-6,8H2,1H3. The minimum atomic E-state index is 0.811. The van der Waals surface area contributed by atoms with Crippen molar-refractivity contribution >= 4 is 5.52 Å². The molecule has 0 radical (unpaired) electrons. The Balaban J connectivity index is 1.57. The van der Waals surface area contributed by atoms with Gasteiger partial charge in [0.2, 0.25) is 0 Å². The van der Waals surface area contributed by atoms with E-state index in [4.69, 9.17) is 0 Å². The van der Waals surface area contributed by atoms with Crippen molar-refractivity contribution < 1.29 is 0 Å². The number of aromatic nitrogens is 5. The zero-order valence-corrected chi connectivity index (χ0v) is 10.8. The molecule has 0 saturated carbocycles. The van der Waals surface area contributed by atoms with E-state index in [1.807, 2.05) is 40.7 Å². The molecule has 3 aromatic rings. The molecule has 1 N–H and O–H groups in total. The van der Waals surface area contributed by atoms with E-state index in [-0.39, 0.29) is 0 Å². The molecule has 0 aliphatic heterocycles. The largest absolute Gasteiger partial charge is 0.321 e. The number of hydrogen-bond acceptors (Lipinski definition) is 4. The first-order valence-corrected chi connectivity index (χ1v) is 6.29. The summed E-state index contributed by atoms with van der Waals surface area (Å²) in [7, 11) is 1.96. The van der Waals surface area contributed by atoms with Crippen molar-refractivity contribution in [3.05, 3.63) is 48.3 Å². The number of nitrogens with zero attached hydrogens (tertiary/aromatic N) is 5. The van der Waals surface area contributed by atoms with Crippen molar-refractivity contribution in [2.45, 2.75) is 13.0 Å². The van der Waals surface area contributed by atoms with Crippen LogP contribution in [-0.4, -0.2) is 30.9 Å². The second-order valence-corrected chi connectivity index (χ2v) is 4.49. The summed E-state index contributed by atoms with van der Waals surface area (Å²) >= 11 is 0. The average Bonchev–Trinajstić information content (AvgIpc) is 3.02. The van der Waals surface area contributed by atoms with Crippen LogP contribution in [0.4, 0.5) is 0 Å². The van der Waals surface area contributed by atoms with Crippen LogP contribution in [0.5, 0.6) is 0 Å². The van der Waals surface area contributed by atoms with Gasteiger partial charge in [-0.15, -0.1) is 10.2 Å². The maximum absolute atomic E-state index is 4.31. The summed E-state index contributed by atoms with van der Waals surface area (Å²) in [5.41, 5.74) is 2.35. The first-order valence-electron chi connectivity index (χ1n) is 6.29. The number of fused-ring (bicyclic) bond motifs is 1. The molecule has 6 heteroatoms. The zero-order chi connectivity index (χ0) is 13.1. The molecule has 0 aliphatic carbocycles. The topological polar surface area (TPSA) is 60.0 Å². The van der Waals surface area contributed by atoms with Gasteiger partial charge in [0.05, 0.1) is 11.7 Å². The third-order valence-electron chi connectivity index (χ3n) is 3.15. The Hall–Kier alpha value is -2.21. The van der Waals surface area contributed by atoms with Gasteiger partial charge in [0.1, 0.15) is 12.2 Å². The summed E-state index contributed by atoms with van der Waals surface area (Å²) in [6.45, 7) is 1.68. The lowest BCUT2D eigenvalue weighted by molar-refractivity contribution is 0.655. The first kappa shape index (κ1) is 11.9. The Kier molecular flexibility index (Phi) is 3.24. The van der Waals surface area contributed by atoms with Crippen molar-refractivity contribution in [2.75, 3.05) is 6.54 Å². The monoisotopic (exact) mass is 256 g/mol. The van der Waals surface area contributed by atoms with Gasteiger partial charge in [-0.05, 0) is 12.1 Å². The molecular weight excluding hydrogens is 240 g/mol. The third kappa shape index (κ3) is 2.48. The maximum Gasteiger partial charge on any atom is 0.133 e. The van der Waals surface area contributed by atoms with E-state index in [0.717, 1.165) is 30.9 Å². The molecule has 3 aromatic heterocycles. The first-order chi connectivity index (χ1) is 9.34. The highest BCUT2D eigenvalue weighted by Crippen LogP contribution is 2.09. The number of pyridine rings is 1. The van der Waals surface area contributed by atoms with Crippen LogP contribution in [0.2, 0.25) is 0 Å². The normalized spacial score (nSPS) is 11.2. The molecule has 3 rings (SSSR count). The van der Waals surface area contributed by atoms with Crippen LogP contribution in [0, 0.1) is 0 Å². The highest BCUT2D eigenvalue weighted by Gasteiger charge is 2.03. The van der Waals surface area contributed by atoms with Crippen molar-refractivity contribution in [1.29, 1.82) is 0 Å². The maximum atomic E-state index is 4.31. The van der Waals surface area contributed by atoms with Gasteiger partial charge in [-0.3, -0.25) is 0 Å². The fourth-order valence-corrected chi connectivity index (χ4v) is 2.08. The van der Waals surface area contributed by atoms with E-state index in [1.165, 1.54) is 5.56 Å². The summed E-state index contributed by atoms with van der Waals surface area (Å²) in [6.07, 6.45) is 6.46. The fourth-order valence-electron chi connectivity index (χ4n) is 2.08. The van der Waals surface area contributed by atoms with E-state index in [2.05, 4.69) is 26.7 Å². The summed E-state index contributed by atoms with van der Waals surface area (Å²) in [5.74, 6) is 0.993. The number of hydrogen-bond donors (Lipinski definition) is 1. The predicted octanol–water partition coefficient (Wildman–Crippen LogP) is 0.795. The van der Waals surface area contributed by atoms with E-state index in [0.29, 0.717) is 0 Å². The smallest absolute Gasteiger partial charge is 0.133 e. The Labute approximate surface area is 111 Å². The molecule has 3 heterocycles. The van der Waals surface area contributed by atoms with Gasteiger partial charge in [-0.25, -0.2) is 4.52 Å². The Morgan fingerprint density at radius 2 is 2.26 bits per heavy atom. The van der Waals surface area contributed by atoms with Crippen LogP contribution in [0.1, 0.15) is 11.4 Å². The minimum absolute atomic E-state index is 0.811. The van der Waals surface area contributed by atoms with Gasteiger partial charge >= 0.3 is 0 Å². The van der Waals surface area contributed by atoms with E-state index < -0.39 is 0 Å². The van der Waals surface area contributed by atoms with Gasteiger partial charge < -0.3 is 9.88 Å². The number of nitrogens with one attached hydrogen (secondary N) is 1. The van der Waals surface area contributed by atoms with E-state index in [9.17, 15) is 0 Å². The Morgan fingerprint density at radius 3 is 3.11 bits per heavy atom. The molecule has 98 valence electrons. The van der Waals surface area contributed by atoms with Crippen LogP contribution in [0.15, 0.2) is 36.9 Å². The lowest BCUT2D eigenvalue weighted by Crippen LogP contribution is -2.18. The zero-order valence-electron chi connectivity index (χ0n) is 10.8. The van der Waals surface area contributed by atoms with Crippen LogP contribution in [-0.2, 0) is 20.0 Å².